The first-order chi connectivity index (χ1) is 9.63. The molecule has 0 bridgehead atoms. The number of rotatable bonds is 5. The Morgan fingerprint density at radius 1 is 1.45 bits per heavy atom. The van der Waals surface area contributed by atoms with Gasteiger partial charge in [0.1, 0.15) is 6.04 Å². The van der Waals surface area contributed by atoms with Gasteiger partial charge in [-0.2, -0.15) is 0 Å². The lowest BCUT2D eigenvalue weighted by Crippen LogP contribution is -2.47. The Morgan fingerprint density at radius 3 is 2.75 bits per heavy atom. The van der Waals surface area contributed by atoms with Gasteiger partial charge in [0, 0.05) is 38.1 Å². The topological polar surface area (TPSA) is 82.7 Å². The Hall–Kier alpha value is -1.18. The number of piperazine rings is 1. The minimum atomic E-state index is -1.03. The fraction of sp³-hybridized carbons (Fsp3) is 0.692. The average molecular weight is 296 g/mol. The van der Waals surface area contributed by atoms with E-state index in [1.807, 2.05) is 0 Å². The van der Waals surface area contributed by atoms with Gasteiger partial charge in [0.25, 0.3) is 0 Å². The summed E-state index contributed by atoms with van der Waals surface area (Å²) in [5, 5.41) is 11.5. The zero-order chi connectivity index (χ0) is 14.1. The van der Waals surface area contributed by atoms with Crippen LogP contribution in [0, 0.1) is 5.92 Å². The van der Waals surface area contributed by atoms with E-state index < -0.39 is 12.0 Å². The second kappa shape index (κ2) is 5.67. The normalized spacial score (nSPS) is 21.9. The van der Waals surface area contributed by atoms with Crippen LogP contribution >= 0.6 is 11.3 Å². The highest BCUT2D eigenvalue weighted by molar-refractivity contribution is 7.13. The predicted molar refractivity (Wildman–Crippen MR) is 78.1 cm³/mol. The van der Waals surface area contributed by atoms with Crippen molar-refractivity contribution in [1.82, 2.24) is 9.88 Å². The maximum absolute atomic E-state index is 10.9. The largest absolute Gasteiger partial charge is 0.480 e. The van der Waals surface area contributed by atoms with Gasteiger partial charge in [-0.1, -0.05) is 0 Å². The number of nitrogens with zero attached hydrogens (tertiary/aromatic N) is 3. The van der Waals surface area contributed by atoms with E-state index in [0.717, 1.165) is 37.2 Å². The number of nitrogens with two attached hydrogens (primary N) is 1. The summed E-state index contributed by atoms with van der Waals surface area (Å²) in [4.78, 5) is 20.0. The molecule has 1 aliphatic heterocycles. The molecule has 2 heterocycles. The number of carboxylic acid groups (broad SMARTS) is 1. The van der Waals surface area contributed by atoms with Crippen LogP contribution in [0.15, 0.2) is 5.38 Å². The summed E-state index contributed by atoms with van der Waals surface area (Å²) in [6, 6.07) is -1.02. The summed E-state index contributed by atoms with van der Waals surface area (Å²) >= 11 is 1.48. The molecule has 110 valence electrons. The fourth-order valence-electron chi connectivity index (χ4n) is 2.48. The van der Waals surface area contributed by atoms with Crippen LogP contribution in [0.3, 0.4) is 0 Å². The third kappa shape index (κ3) is 3.11. The van der Waals surface area contributed by atoms with Crippen LogP contribution in [-0.4, -0.2) is 53.7 Å². The number of hydrogen-bond donors (Lipinski definition) is 2. The molecule has 1 aromatic heterocycles. The van der Waals surface area contributed by atoms with Gasteiger partial charge in [-0.25, -0.2) is 4.98 Å². The number of aromatic nitrogens is 1. The van der Waals surface area contributed by atoms with Gasteiger partial charge >= 0.3 is 5.97 Å². The van der Waals surface area contributed by atoms with Crippen molar-refractivity contribution < 1.29 is 9.90 Å². The Bertz CT molecular complexity index is 480. The first kappa shape index (κ1) is 13.8. The first-order valence-corrected chi connectivity index (χ1v) is 7.92. The minimum Gasteiger partial charge on any atom is -0.480 e. The fourth-order valence-corrected chi connectivity index (χ4v) is 3.39. The minimum absolute atomic E-state index is 0.456. The molecule has 3 rings (SSSR count). The zero-order valence-electron chi connectivity index (χ0n) is 11.4. The third-order valence-electron chi connectivity index (χ3n) is 3.95. The van der Waals surface area contributed by atoms with Gasteiger partial charge in [0.05, 0.1) is 5.69 Å². The van der Waals surface area contributed by atoms with Crippen molar-refractivity contribution in [3.63, 3.8) is 0 Å². The number of thiazole rings is 1. The monoisotopic (exact) mass is 296 g/mol. The SMILES string of the molecule is NC(C(=O)O)c1csc(N2CCN(CC3CC3)CC2)n1. The van der Waals surface area contributed by atoms with Crippen molar-refractivity contribution in [2.24, 2.45) is 11.7 Å². The van der Waals surface area contributed by atoms with E-state index >= 15 is 0 Å². The molecule has 3 N–H and O–H groups in total. The summed E-state index contributed by atoms with van der Waals surface area (Å²) in [5.41, 5.74) is 6.04. The van der Waals surface area contributed by atoms with Gasteiger partial charge in [0.2, 0.25) is 0 Å². The summed E-state index contributed by atoms with van der Waals surface area (Å²) in [6.07, 6.45) is 2.78. The van der Waals surface area contributed by atoms with Crippen molar-refractivity contribution in [3.8, 4) is 0 Å². The summed E-state index contributed by atoms with van der Waals surface area (Å²) in [7, 11) is 0. The first-order valence-electron chi connectivity index (χ1n) is 7.04. The van der Waals surface area contributed by atoms with Gasteiger partial charge in [-0.15, -0.1) is 11.3 Å². The van der Waals surface area contributed by atoms with Crippen LogP contribution in [0.5, 0.6) is 0 Å². The van der Waals surface area contributed by atoms with E-state index in [1.165, 1.54) is 30.7 Å². The zero-order valence-corrected chi connectivity index (χ0v) is 12.2. The van der Waals surface area contributed by atoms with Gasteiger partial charge < -0.3 is 15.7 Å². The highest BCUT2D eigenvalue weighted by Crippen LogP contribution is 2.30. The lowest BCUT2D eigenvalue weighted by molar-refractivity contribution is -0.138. The highest BCUT2D eigenvalue weighted by Gasteiger charge is 2.27. The number of anilines is 1. The number of aliphatic carboxylic acids is 1. The van der Waals surface area contributed by atoms with E-state index in [9.17, 15) is 4.79 Å². The maximum atomic E-state index is 10.9. The molecule has 2 aliphatic rings. The summed E-state index contributed by atoms with van der Waals surface area (Å²) in [6.45, 7) is 5.29. The molecular weight excluding hydrogens is 276 g/mol. The molecule has 0 radical (unpaired) electrons. The molecule has 7 heteroatoms. The van der Waals surface area contributed by atoms with Crippen molar-refractivity contribution in [2.75, 3.05) is 37.6 Å². The summed E-state index contributed by atoms with van der Waals surface area (Å²) in [5.74, 6) is -0.0994. The highest BCUT2D eigenvalue weighted by atomic mass is 32.1. The van der Waals surface area contributed by atoms with E-state index in [4.69, 9.17) is 10.8 Å². The van der Waals surface area contributed by atoms with Crippen LogP contribution in [0.1, 0.15) is 24.6 Å². The van der Waals surface area contributed by atoms with Gasteiger partial charge in [-0.3, -0.25) is 9.69 Å². The lowest BCUT2D eigenvalue weighted by atomic mass is 10.2. The Kier molecular flexibility index (Phi) is 3.91. The molecule has 6 nitrogen and oxygen atoms in total. The van der Waals surface area contributed by atoms with Crippen molar-refractivity contribution in [3.05, 3.63) is 11.1 Å². The van der Waals surface area contributed by atoms with Crippen LogP contribution in [0.25, 0.3) is 0 Å². The second-order valence-electron chi connectivity index (χ2n) is 5.60. The molecule has 1 atom stereocenters. The summed E-state index contributed by atoms with van der Waals surface area (Å²) < 4.78 is 0. The predicted octanol–water partition coefficient (Wildman–Crippen LogP) is 0.759. The molecule has 1 saturated carbocycles. The van der Waals surface area contributed by atoms with Crippen LogP contribution in [0.4, 0.5) is 5.13 Å². The van der Waals surface area contributed by atoms with E-state index in [0.29, 0.717) is 5.69 Å². The van der Waals surface area contributed by atoms with Gasteiger partial charge in [-0.05, 0) is 18.8 Å². The molecule has 20 heavy (non-hydrogen) atoms. The third-order valence-corrected chi connectivity index (χ3v) is 4.87. The molecule has 1 aliphatic carbocycles. The van der Waals surface area contributed by atoms with Crippen LogP contribution < -0.4 is 10.6 Å². The molecule has 0 aromatic carbocycles. The van der Waals surface area contributed by atoms with E-state index in [2.05, 4.69) is 14.8 Å². The van der Waals surface area contributed by atoms with Crippen molar-refractivity contribution in [2.45, 2.75) is 18.9 Å². The molecule has 1 unspecified atom stereocenters. The number of carbonyl (C=O) groups is 1. The Morgan fingerprint density at radius 2 is 2.15 bits per heavy atom. The quantitative estimate of drug-likeness (QED) is 0.835. The molecule has 0 spiro atoms. The Balaban J connectivity index is 1.56. The molecule has 1 aromatic rings. The number of hydrogen-bond acceptors (Lipinski definition) is 6. The standard InChI is InChI=1S/C13H20N4O2S/c14-11(12(18)19)10-8-20-13(15-10)17-5-3-16(4-6-17)7-9-1-2-9/h8-9,11H,1-7,14H2,(H,18,19). The Labute approximate surface area is 122 Å². The number of carboxylic acids is 1. The average Bonchev–Trinajstić information content (AvgIpc) is 3.12. The molecule has 0 amide bonds. The maximum Gasteiger partial charge on any atom is 0.326 e. The van der Waals surface area contributed by atoms with E-state index in [1.54, 1.807) is 5.38 Å². The van der Waals surface area contributed by atoms with Crippen molar-refractivity contribution in [1.29, 1.82) is 0 Å². The lowest BCUT2D eigenvalue weighted by Gasteiger charge is -2.34. The second-order valence-corrected chi connectivity index (χ2v) is 6.44. The molecule has 1 saturated heterocycles. The molecule has 2 fully saturated rings. The van der Waals surface area contributed by atoms with Crippen LogP contribution in [0.2, 0.25) is 0 Å². The van der Waals surface area contributed by atoms with Crippen molar-refractivity contribution >= 4 is 22.4 Å². The van der Waals surface area contributed by atoms with Crippen LogP contribution in [-0.2, 0) is 4.79 Å². The van der Waals surface area contributed by atoms with E-state index in [-0.39, 0.29) is 0 Å². The smallest absolute Gasteiger partial charge is 0.326 e. The molecular formula is C13H20N4O2S. The van der Waals surface area contributed by atoms with Gasteiger partial charge in [0.15, 0.2) is 5.13 Å².